The first kappa shape index (κ1) is 15.9. The van der Waals surface area contributed by atoms with Gasteiger partial charge in [-0.25, -0.2) is 4.98 Å². The van der Waals surface area contributed by atoms with Crippen molar-refractivity contribution in [1.29, 1.82) is 5.41 Å². The zero-order valence-corrected chi connectivity index (χ0v) is 13.7. The number of halogens is 1. The van der Waals surface area contributed by atoms with Crippen LogP contribution in [0.4, 0.5) is 0 Å². The molecule has 1 aliphatic rings. The van der Waals surface area contributed by atoms with E-state index in [9.17, 15) is 0 Å². The van der Waals surface area contributed by atoms with E-state index in [4.69, 9.17) is 17.0 Å². The summed E-state index contributed by atoms with van der Waals surface area (Å²) in [5.74, 6) is 0. The number of likely N-dealkylation sites (tertiary alicyclic amines) is 1. The highest BCUT2D eigenvalue weighted by atomic mass is 35.5. The van der Waals surface area contributed by atoms with E-state index < -0.39 is 0 Å². The first-order valence-corrected chi connectivity index (χ1v) is 8.23. The third-order valence-corrected chi connectivity index (χ3v) is 4.20. The Morgan fingerprint density at radius 2 is 2.22 bits per heavy atom. The van der Waals surface area contributed by atoms with Gasteiger partial charge in [-0.1, -0.05) is 11.6 Å². The number of nitrogens with zero attached hydrogens (tertiary/aromatic N) is 3. The number of pyridine rings is 2. The van der Waals surface area contributed by atoms with Crippen LogP contribution in [0, 0.1) is 5.41 Å². The summed E-state index contributed by atoms with van der Waals surface area (Å²) in [6, 6.07) is 5.48. The van der Waals surface area contributed by atoms with Gasteiger partial charge in [0.2, 0.25) is 0 Å². The quantitative estimate of drug-likeness (QED) is 0.465. The summed E-state index contributed by atoms with van der Waals surface area (Å²) in [7, 11) is 0. The average molecular weight is 330 g/mol. The number of hydrogen-bond donors (Lipinski definition) is 2. The number of nitrogens with one attached hydrogen (secondary N) is 2. The molecule has 0 amide bonds. The molecule has 2 aromatic rings. The molecule has 0 unspecified atom stereocenters. The fraction of sp³-hybridized carbons (Fsp3) is 0.353. The van der Waals surface area contributed by atoms with E-state index >= 15 is 0 Å². The van der Waals surface area contributed by atoms with Gasteiger partial charge >= 0.3 is 0 Å². The van der Waals surface area contributed by atoms with Crippen LogP contribution in [0.15, 0.2) is 30.6 Å². The van der Waals surface area contributed by atoms with Crippen molar-refractivity contribution in [2.75, 3.05) is 26.2 Å². The third-order valence-electron chi connectivity index (χ3n) is 3.99. The molecule has 6 heteroatoms. The van der Waals surface area contributed by atoms with E-state index in [0.29, 0.717) is 5.15 Å². The van der Waals surface area contributed by atoms with Crippen molar-refractivity contribution in [3.8, 4) is 0 Å². The van der Waals surface area contributed by atoms with Crippen LogP contribution in [-0.4, -0.2) is 47.3 Å². The molecule has 3 heterocycles. The van der Waals surface area contributed by atoms with Crippen LogP contribution < -0.4 is 5.32 Å². The molecular formula is C17H20ClN5. The highest BCUT2D eigenvalue weighted by molar-refractivity contribution is 6.29. The number of fused-ring (bicyclic) bond motifs is 1. The SMILES string of the molecule is N=C/C(=C\NCCCN1CCC1)c1cnc2ccc(Cl)nc2c1. The second-order valence-corrected chi connectivity index (χ2v) is 6.03. The summed E-state index contributed by atoms with van der Waals surface area (Å²) in [6.07, 6.45) is 7.40. The molecule has 2 N–H and O–H groups in total. The molecule has 1 aliphatic heterocycles. The molecule has 0 aromatic carbocycles. The first-order chi connectivity index (χ1) is 11.3. The van der Waals surface area contributed by atoms with Crippen molar-refractivity contribution >= 4 is 34.4 Å². The zero-order valence-electron chi connectivity index (χ0n) is 12.9. The Hall–Kier alpha value is -1.98. The van der Waals surface area contributed by atoms with Crippen molar-refractivity contribution in [2.24, 2.45) is 0 Å². The Morgan fingerprint density at radius 3 is 2.96 bits per heavy atom. The van der Waals surface area contributed by atoms with Crippen molar-refractivity contribution in [1.82, 2.24) is 20.2 Å². The van der Waals surface area contributed by atoms with Crippen LogP contribution in [0.25, 0.3) is 16.6 Å². The second-order valence-electron chi connectivity index (χ2n) is 5.64. The van der Waals surface area contributed by atoms with E-state index in [1.54, 1.807) is 12.3 Å². The van der Waals surface area contributed by atoms with Gasteiger partial charge in [-0.15, -0.1) is 0 Å². The lowest BCUT2D eigenvalue weighted by molar-refractivity contribution is 0.180. The molecule has 1 saturated heterocycles. The lowest BCUT2D eigenvalue weighted by atomic mass is 10.1. The Labute approximate surface area is 140 Å². The fourth-order valence-corrected chi connectivity index (χ4v) is 2.69. The summed E-state index contributed by atoms with van der Waals surface area (Å²) < 4.78 is 0. The second kappa shape index (κ2) is 7.53. The Morgan fingerprint density at radius 1 is 1.35 bits per heavy atom. The lowest BCUT2D eigenvalue weighted by Crippen LogP contribution is -2.38. The zero-order chi connectivity index (χ0) is 16.1. The van der Waals surface area contributed by atoms with E-state index in [-0.39, 0.29) is 0 Å². The van der Waals surface area contributed by atoms with Gasteiger partial charge in [-0.2, -0.15) is 0 Å². The Balaban J connectivity index is 1.64. The summed E-state index contributed by atoms with van der Waals surface area (Å²) in [5.41, 5.74) is 3.17. The van der Waals surface area contributed by atoms with E-state index in [0.717, 1.165) is 41.7 Å². The molecule has 0 aliphatic carbocycles. The van der Waals surface area contributed by atoms with Crippen LogP contribution in [0.1, 0.15) is 18.4 Å². The fourth-order valence-electron chi connectivity index (χ4n) is 2.54. The van der Waals surface area contributed by atoms with Gasteiger partial charge in [0, 0.05) is 36.3 Å². The predicted octanol–water partition coefficient (Wildman–Crippen LogP) is 2.96. The van der Waals surface area contributed by atoms with Gasteiger partial charge in [-0.05, 0) is 50.7 Å². The van der Waals surface area contributed by atoms with E-state index in [2.05, 4.69) is 20.2 Å². The number of hydrogen-bond acceptors (Lipinski definition) is 5. The van der Waals surface area contributed by atoms with Crippen molar-refractivity contribution in [2.45, 2.75) is 12.8 Å². The van der Waals surface area contributed by atoms with E-state index in [1.165, 1.54) is 25.7 Å². The molecule has 0 bridgehead atoms. The lowest BCUT2D eigenvalue weighted by Gasteiger charge is -2.30. The minimum atomic E-state index is 0.445. The van der Waals surface area contributed by atoms with Crippen molar-refractivity contribution in [3.05, 3.63) is 41.3 Å². The molecule has 120 valence electrons. The van der Waals surface area contributed by atoms with Crippen LogP contribution in [0.5, 0.6) is 0 Å². The van der Waals surface area contributed by atoms with Gasteiger partial charge in [0.1, 0.15) is 5.15 Å². The molecule has 1 fully saturated rings. The molecule has 5 nitrogen and oxygen atoms in total. The van der Waals surface area contributed by atoms with Gasteiger partial charge < -0.3 is 15.6 Å². The van der Waals surface area contributed by atoms with Crippen molar-refractivity contribution < 1.29 is 0 Å². The minimum Gasteiger partial charge on any atom is -0.390 e. The average Bonchev–Trinajstić information content (AvgIpc) is 2.52. The number of rotatable bonds is 7. The highest BCUT2D eigenvalue weighted by Crippen LogP contribution is 2.18. The molecule has 0 saturated carbocycles. The summed E-state index contributed by atoms with van der Waals surface area (Å²) in [4.78, 5) is 11.1. The van der Waals surface area contributed by atoms with Gasteiger partial charge in [-0.3, -0.25) is 4.98 Å². The molecule has 0 atom stereocenters. The number of aromatic nitrogens is 2. The van der Waals surface area contributed by atoms with Gasteiger partial charge in [0.05, 0.1) is 11.0 Å². The van der Waals surface area contributed by atoms with Crippen LogP contribution in [0.3, 0.4) is 0 Å². The summed E-state index contributed by atoms with van der Waals surface area (Å²) in [5, 5.41) is 11.3. The summed E-state index contributed by atoms with van der Waals surface area (Å²) in [6.45, 7) is 4.51. The van der Waals surface area contributed by atoms with E-state index in [1.807, 2.05) is 18.3 Å². The molecule has 0 radical (unpaired) electrons. The van der Waals surface area contributed by atoms with Crippen LogP contribution >= 0.6 is 11.6 Å². The molecule has 23 heavy (non-hydrogen) atoms. The maximum absolute atomic E-state index is 7.62. The Kier molecular flexibility index (Phi) is 5.20. The van der Waals surface area contributed by atoms with Gasteiger partial charge in [0.15, 0.2) is 0 Å². The molecule has 2 aromatic heterocycles. The van der Waals surface area contributed by atoms with Gasteiger partial charge in [0.25, 0.3) is 0 Å². The molecule has 0 spiro atoms. The minimum absolute atomic E-state index is 0.445. The summed E-state index contributed by atoms with van der Waals surface area (Å²) >= 11 is 5.93. The topological polar surface area (TPSA) is 64.9 Å². The predicted molar refractivity (Wildman–Crippen MR) is 95.0 cm³/mol. The van der Waals surface area contributed by atoms with Crippen molar-refractivity contribution in [3.63, 3.8) is 0 Å². The third kappa shape index (κ3) is 4.06. The maximum atomic E-state index is 7.62. The largest absolute Gasteiger partial charge is 0.390 e. The van der Waals surface area contributed by atoms with Crippen LogP contribution in [0.2, 0.25) is 5.15 Å². The molecular weight excluding hydrogens is 310 g/mol. The van der Waals surface area contributed by atoms with Crippen LogP contribution in [-0.2, 0) is 0 Å². The normalized spacial score (nSPS) is 15.4. The standard InChI is InChI=1S/C17H20ClN5/c18-17-4-3-15-16(22-17)9-13(12-21-15)14(10-19)11-20-5-1-6-23-7-2-8-23/h3-4,9-12,19-20H,1-2,5-8H2/b14-11+,19-10?. The Bertz CT molecular complexity index is 724. The number of allylic oxidation sites excluding steroid dienone is 1. The molecule has 3 rings (SSSR count). The maximum Gasteiger partial charge on any atom is 0.129 e. The monoisotopic (exact) mass is 329 g/mol. The smallest absolute Gasteiger partial charge is 0.129 e. The highest BCUT2D eigenvalue weighted by Gasteiger charge is 2.11. The first-order valence-electron chi connectivity index (χ1n) is 7.85.